The first-order valence-electron chi connectivity index (χ1n) is 9.54. The van der Waals surface area contributed by atoms with E-state index >= 15 is 0 Å². The molecule has 7 nitrogen and oxygen atoms in total. The monoisotopic (exact) mass is 469 g/mol. The Morgan fingerprint density at radius 1 is 1.06 bits per heavy atom. The van der Waals surface area contributed by atoms with Crippen LogP contribution in [0.25, 0.3) is 6.08 Å². The van der Waals surface area contributed by atoms with Gasteiger partial charge in [0.25, 0.3) is 11.6 Å². The number of halogens is 2. The van der Waals surface area contributed by atoms with Crippen LogP contribution in [0.2, 0.25) is 10.0 Å². The smallest absolute Gasteiger partial charge is 0.276 e. The third kappa shape index (κ3) is 4.00. The lowest BCUT2D eigenvalue weighted by molar-refractivity contribution is -0.384. The van der Waals surface area contributed by atoms with Crippen LogP contribution in [0.1, 0.15) is 17.3 Å². The molecule has 0 aromatic heterocycles. The first-order valence-corrected chi connectivity index (χ1v) is 10.3. The summed E-state index contributed by atoms with van der Waals surface area (Å²) in [6.07, 6.45) is 1.06. The highest BCUT2D eigenvalue weighted by molar-refractivity contribution is 6.40. The SMILES string of the molecule is COc1ccccc1C=C1NC(c2ccccc2)N(c2c(Cl)cc([N+](=O)[O-])cc2Cl)C1=O. The summed E-state index contributed by atoms with van der Waals surface area (Å²) < 4.78 is 5.38. The number of ether oxygens (including phenoxy) is 1. The Hall–Kier alpha value is -3.55. The largest absolute Gasteiger partial charge is 0.496 e. The molecule has 0 aliphatic carbocycles. The predicted molar refractivity (Wildman–Crippen MR) is 124 cm³/mol. The molecule has 3 aromatic rings. The maximum absolute atomic E-state index is 13.5. The molecule has 32 heavy (non-hydrogen) atoms. The Bertz CT molecular complexity index is 1210. The van der Waals surface area contributed by atoms with E-state index < -0.39 is 11.1 Å². The minimum Gasteiger partial charge on any atom is -0.496 e. The number of nitrogens with zero attached hydrogens (tertiary/aromatic N) is 2. The van der Waals surface area contributed by atoms with E-state index in [0.29, 0.717) is 17.0 Å². The molecule has 4 rings (SSSR count). The van der Waals surface area contributed by atoms with Crippen LogP contribution in [0.4, 0.5) is 11.4 Å². The van der Waals surface area contributed by atoms with E-state index in [1.54, 1.807) is 19.3 Å². The Morgan fingerprint density at radius 2 is 1.69 bits per heavy atom. The van der Waals surface area contributed by atoms with Crippen LogP contribution in [0.3, 0.4) is 0 Å². The standard InChI is InChI=1S/C23H17Cl2N3O4/c1-32-20-10-6-5-9-15(20)11-19-23(29)27(22(26-19)14-7-3-2-4-8-14)21-17(24)12-16(28(30)31)13-18(21)25/h2-13,22,26H,1H3. The summed E-state index contributed by atoms with van der Waals surface area (Å²) in [4.78, 5) is 25.5. The fourth-order valence-electron chi connectivity index (χ4n) is 3.55. The van der Waals surface area contributed by atoms with Gasteiger partial charge in [0.05, 0.1) is 27.8 Å². The van der Waals surface area contributed by atoms with Crippen molar-refractivity contribution in [3.8, 4) is 5.75 Å². The zero-order valence-electron chi connectivity index (χ0n) is 16.8. The number of hydrogen-bond acceptors (Lipinski definition) is 5. The van der Waals surface area contributed by atoms with Gasteiger partial charge in [0.2, 0.25) is 0 Å². The quantitative estimate of drug-likeness (QED) is 0.299. The number of carbonyl (C=O) groups is 1. The minimum atomic E-state index is -0.624. The van der Waals surface area contributed by atoms with Crippen LogP contribution >= 0.6 is 23.2 Å². The zero-order chi connectivity index (χ0) is 22.8. The normalized spacial score (nSPS) is 16.8. The summed E-state index contributed by atoms with van der Waals surface area (Å²) in [6, 6.07) is 18.9. The van der Waals surface area contributed by atoms with Crippen molar-refractivity contribution in [2.24, 2.45) is 0 Å². The molecule has 0 spiro atoms. The molecule has 1 N–H and O–H groups in total. The van der Waals surface area contributed by atoms with Crippen molar-refractivity contribution in [3.05, 3.63) is 104 Å². The number of nitrogens with one attached hydrogen (secondary N) is 1. The summed E-state index contributed by atoms with van der Waals surface area (Å²) in [5, 5.41) is 14.4. The number of nitro benzene ring substituents is 1. The van der Waals surface area contributed by atoms with E-state index in [2.05, 4.69) is 5.32 Å². The second-order valence-electron chi connectivity index (χ2n) is 6.95. The summed E-state index contributed by atoms with van der Waals surface area (Å²) in [7, 11) is 1.55. The maximum Gasteiger partial charge on any atom is 0.276 e. The van der Waals surface area contributed by atoms with Gasteiger partial charge >= 0.3 is 0 Å². The number of rotatable bonds is 5. The number of amides is 1. The van der Waals surface area contributed by atoms with Crippen molar-refractivity contribution in [2.45, 2.75) is 6.17 Å². The van der Waals surface area contributed by atoms with Gasteiger partial charge in [-0.2, -0.15) is 0 Å². The van der Waals surface area contributed by atoms with Crippen molar-refractivity contribution in [3.63, 3.8) is 0 Å². The number of anilines is 1. The van der Waals surface area contributed by atoms with E-state index in [4.69, 9.17) is 27.9 Å². The Morgan fingerprint density at radius 3 is 2.31 bits per heavy atom. The molecule has 0 saturated carbocycles. The molecular weight excluding hydrogens is 453 g/mol. The molecule has 1 heterocycles. The van der Waals surface area contributed by atoms with Gasteiger partial charge in [0.15, 0.2) is 0 Å². The van der Waals surface area contributed by atoms with Crippen LogP contribution in [-0.4, -0.2) is 17.9 Å². The molecule has 9 heteroatoms. The third-order valence-corrected chi connectivity index (χ3v) is 5.58. The lowest BCUT2D eigenvalue weighted by Crippen LogP contribution is -2.30. The average Bonchev–Trinajstić information content (AvgIpc) is 3.10. The number of benzene rings is 3. The average molecular weight is 470 g/mol. The van der Waals surface area contributed by atoms with Gasteiger partial charge in [-0.05, 0) is 17.7 Å². The number of methoxy groups -OCH3 is 1. The van der Waals surface area contributed by atoms with Crippen molar-refractivity contribution in [1.29, 1.82) is 0 Å². The van der Waals surface area contributed by atoms with Gasteiger partial charge in [0.1, 0.15) is 17.6 Å². The number of hydrogen-bond donors (Lipinski definition) is 1. The maximum atomic E-state index is 13.5. The van der Waals surface area contributed by atoms with E-state index in [-0.39, 0.29) is 27.3 Å². The van der Waals surface area contributed by atoms with Crippen LogP contribution in [0.5, 0.6) is 5.75 Å². The fraction of sp³-hybridized carbons (Fsp3) is 0.0870. The molecule has 1 saturated heterocycles. The topological polar surface area (TPSA) is 84.7 Å². The second-order valence-corrected chi connectivity index (χ2v) is 7.76. The Balaban J connectivity index is 1.85. The van der Waals surface area contributed by atoms with Gasteiger partial charge < -0.3 is 10.1 Å². The molecule has 3 aromatic carbocycles. The molecule has 1 aliphatic rings. The van der Waals surface area contributed by atoms with Gasteiger partial charge in [-0.1, -0.05) is 71.7 Å². The van der Waals surface area contributed by atoms with Crippen LogP contribution in [-0.2, 0) is 4.79 Å². The van der Waals surface area contributed by atoms with Crippen molar-refractivity contribution >= 4 is 46.6 Å². The van der Waals surface area contributed by atoms with Gasteiger partial charge in [-0.15, -0.1) is 0 Å². The van der Waals surface area contributed by atoms with E-state index in [0.717, 1.165) is 5.56 Å². The van der Waals surface area contributed by atoms with Crippen molar-refractivity contribution in [1.82, 2.24) is 5.32 Å². The number of nitro groups is 1. The van der Waals surface area contributed by atoms with E-state index in [1.807, 2.05) is 48.5 Å². The van der Waals surface area contributed by atoms with Crippen LogP contribution in [0, 0.1) is 10.1 Å². The van der Waals surface area contributed by atoms with Gasteiger partial charge in [-0.25, -0.2) is 0 Å². The van der Waals surface area contributed by atoms with Gasteiger partial charge in [0, 0.05) is 17.7 Å². The first kappa shape index (κ1) is 21.7. The summed E-state index contributed by atoms with van der Waals surface area (Å²) >= 11 is 12.8. The predicted octanol–water partition coefficient (Wildman–Crippen LogP) is 5.59. The van der Waals surface area contributed by atoms with E-state index in [9.17, 15) is 14.9 Å². The molecule has 1 unspecified atom stereocenters. The highest BCUT2D eigenvalue weighted by atomic mass is 35.5. The third-order valence-electron chi connectivity index (χ3n) is 5.01. The van der Waals surface area contributed by atoms with E-state index in [1.165, 1.54) is 17.0 Å². The minimum absolute atomic E-state index is 0.00109. The molecule has 0 radical (unpaired) electrons. The number of non-ortho nitro benzene ring substituents is 1. The number of carbonyl (C=O) groups excluding carboxylic acids is 1. The van der Waals surface area contributed by atoms with Crippen molar-refractivity contribution < 1.29 is 14.5 Å². The summed E-state index contributed by atoms with van der Waals surface area (Å²) in [6.45, 7) is 0. The fourth-order valence-corrected chi connectivity index (χ4v) is 4.21. The molecule has 1 aliphatic heterocycles. The zero-order valence-corrected chi connectivity index (χ0v) is 18.3. The van der Waals surface area contributed by atoms with Gasteiger partial charge in [-0.3, -0.25) is 19.8 Å². The molecular formula is C23H17Cl2N3O4. The Labute approximate surface area is 194 Å². The van der Waals surface area contributed by atoms with Crippen molar-refractivity contribution in [2.75, 3.05) is 12.0 Å². The highest BCUT2D eigenvalue weighted by Gasteiger charge is 2.39. The van der Waals surface area contributed by atoms with Crippen LogP contribution < -0.4 is 15.0 Å². The molecule has 1 amide bonds. The molecule has 0 bridgehead atoms. The summed E-state index contributed by atoms with van der Waals surface area (Å²) in [5.41, 5.74) is 1.72. The molecule has 1 atom stereocenters. The molecule has 162 valence electrons. The highest BCUT2D eigenvalue weighted by Crippen LogP contribution is 2.43. The second kappa shape index (κ2) is 8.90. The lowest BCUT2D eigenvalue weighted by atomic mass is 10.1. The number of para-hydroxylation sites is 1. The lowest BCUT2D eigenvalue weighted by Gasteiger charge is -2.25. The first-order chi connectivity index (χ1) is 15.4. The van der Waals surface area contributed by atoms with Crippen LogP contribution in [0.15, 0.2) is 72.4 Å². The summed E-state index contributed by atoms with van der Waals surface area (Å²) in [5.74, 6) is 0.220. The Kier molecular flexibility index (Phi) is 6.03. The molecule has 1 fully saturated rings.